The van der Waals surface area contributed by atoms with E-state index < -0.39 is 5.97 Å². The third kappa shape index (κ3) is 2.37. The van der Waals surface area contributed by atoms with E-state index in [9.17, 15) is 9.90 Å². The average Bonchev–Trinajstić information content (AvgIpc) is 3.05. The van der Waals surface area contributed by atoms with Crippen LogP contribution in [-0.4, -0.2) is 11.1 Å². The normalized spacial score (nSPS) is 12.0. The first-order chi connectivity index (χ1) is 13.1. The molecule has 27 heavy (non-hydrogen) atoms. The van der Waals surface area contributed by atoms with Gasteiger partial charge in [-0.05, 0) is 58.0 Å². The fourth-order valence-corrected chi connectivity index (χ4v) is 4.29. The molecular weight excluding hydrogens is 332 g/mol. The lowest BCUT2D eigenvalue weighted by atomic mass is 9.89. The standard InChI is InChI=1S/C25H18O2/c1-15-9-10-17-14-23-19(22(17)13-15)7-4-8-20(23)24-18-6-3-2-5-16(18)11-12-21(24)25(26)27/h2-13H,14H2,1H3,(H,26,27). The zero-order valence-electron chi connectivity index (χ0n) is 15.0. The van der Waals surface area contributed by atoms with Gasteiger partial charge in [-0.25, -0.2) is 4.79 Å². The molecule has 2 heteroatoms. The largest absolute Gasteiger partial charge is 0.478 e. The monoisotopic (exact) mass is 350 g/mol. The molecule has 0 aliphatic heterocycles. The molecule has 0 unspecified atom stereocenters. The average molecular weight is 350 g/mol. The number of benzene rings is 4. The Kier molecular flexibility index (Phi) is 3.41. The van der Waals surface area contributed by atoms with Crippen molar-refractivity contribution < 1.29 is 9.90 Å². The molecule has 0 saturated carbocycles. The predicted octanol–water partition coefficient (Wildman–Crippen LogP) is 6.08. The Morgan fingerprint density at radius 1 is 0.852 bits per heavy atom. The molecule has 1 aliphatic rings. The molecule has 1 aliphatic carbocycles. The van der Waals surface area contributed by atoms with Crippen LogP contribution in [0.15, 0.2) is 72.8 Å². The third-order valence-corrected chi connectivity index (χ3v) is 5.53. The predicted molar refractivity (Wildman–Crippen MR) is 109 cm³/mol. The molecule has 4 aromatic rings. The summed E-state index contributed by atoms with van der Waals surface area (Å²) < 4.78 is 0. The van der Waals surface area contributed by atoms with Crippen LogP contribution in [0, 0.1) is 6.92 Å². The van der Waals surface area contributed by atoms with Crippen LogP contribution in [0.4, 0.5) is 0 Å². The van der Waals surface area contributed by atoms with E-state index in [2.05, 4.69) is 37.3 Å². The second-order valence-electron chi connectivity index (χ2n) is 7.18. The van der Waals surface area contributed by atoms with Crippen molar-refractivity contribution in [1.82, 2.24) is 0 Å². The van der Waals surface area contributed by atoms with Crippen LogP contribution in [0.5, 0.6) is 0 Å². The molecule has 0 radical (unpaired) electrons. The van der Waals surface area contributed by atoms with Gasteiger partial charge in [-0.2, -0.15) is 0 Å². The molecule has 0 fully saturated rings. The molecule has 5 rings (SSSR count). The molecule has 0 bridgehead atoms. The Morgan fingerprint density at radius 3 is 2.52 bits per heavy atom. The molecule has 0 atom stereocenters. The van der Waals surface area contributed by atoms with E-state index in [1.807, 2.05) is 36.4 Å². The van der Waals surface area contributed by atoms with E-state index in [4.69, 9.17) is 0 Å². The maximum Gasteiger partial charge on any atom is 0.336 e. The van der Waals surface area contributed by atoms with Gasteiger partial charge in [0.25, 0.3) is 0 Å². The van der Waals surface area contributed by atoms with E-state index in [0.717, 1.165) is 28.3 Å². The van der Waals surface area contributed by atoms with E-state index in [1.165, 1.54) is 27.8 Å². The Labute approximate surface area is 157 Å². The van der Waals surface area contributed by atoms with Crippen molar-refractivity contribution in [3.63, 3.8) is 0 Å². The first-order valence-corrected chi connectivity index (χ1v) is 9.10. The number of carboxylic acid groups (broad SMARTS) is 1. The van der Waals surface area contributed by atoms with Crippen molar-refractivity contribution in [3.05, 3.63) is 95.1 Å². The second-order valence-corrected chi connectivity index (χ2v) is 7.18. The molecule has 130 valence electrons. The zero-order chi connectivity index (χ0) is 18.5. The highest BCUT2D eigenvalue weighted by atomic mass is 16.4. The van der Waals surface area contributed by atoms with Crippen LogP contribution >= 0.6 is 0 Å². The molecule has 4 aromatic carbocycles. The van der Waals surface area contributed by atoms with E-state index >= 15 is 0 Å². The quantitative estimate of drug-likeness (QED) is 0.418. The Balaban J connectivity index is 1.85. The van der Waals surface area contributed by atoms with Crippen molar-refractivity contribution in [2.45, 2.75) is 13.3 Å². The topological polar surface area (TPSA) is 37.3 Å². The van der Waals surface area contributed by atoms with Crippen molar-refractivity contribution in [2.75, 3.05) is 0 Å². The number of fused-ring (bicyclic) bond motifs is 4. The molecule has 0 heterocycles. The van der Waals surface area contributed by atoms with Crippen LogP contribution in [0.3, 0.4) is 0 Å². The van der Waals surface area contributed by atoms with Crippen LogP contribution in [0.2, 0.25) is 0 Å². The highest BCUT2D eigenvalue weighted by molar-refractivity contribution is 6.09. The maximum absolute atomic E-state index is 12.0. The summed E-state index contributed by atoms with van der Waals surface area (Å²) in [5, 5.41) is 11.9. The Morgan fingerprint density at radius 2 is 1.67 bits per heavy atom. The second kappa shape index (κ2) is 5.82. The number of carbonyl (C=O) groups is 1. The van der Waals surface area contributed by atoms with Gasteiger partial charge >= 0.3 is 5.97 Å². The third-order valence-electron chi connectivity index (χ3n) is 5.53. The summed E-state index contributed by atoms with van der Waals surface area (Å²) in [7, 11) is 0. The lowest BCUT2D eigenvalue weighted by Gasteiger charge is -2.15. The van der Waals surface area contributed by atoms with E-state index in [1.54, 1.807) is 6.07 Å². The Bertz CT molecular complexity index is 1230. The van der Waals surface area contributed by atoms with Gasteiger partial charge in [0.2, 0.25) is 0 Å². The summed E-state index contributed by atoms with van der Waals surface area (Å²) in [5.41, 5.74) is 8.45. The van der Waals surface area contributed by atoms with Gasteiger partial charge in [0.05, 0.1) is 5.56 Å². The molecule has 1 N–H and O–H groups in total. The minimum Gasteiger partial charge on any atom is -0.478 e. The van der Waals surface area contributed by atoms with Gasteiger partial charge in [0.15, 0.2) is 0 Å². The van der Waals surface area contributed by atoms with Gasteiger partial charge in [-0.1, -0.05) is 72.3 Å². The van der Waals surface area contributed by atoms with Crippen LogP contribution < -0.4 is 0 Å². The van der Waals surface area contributed by atoms with E-state index in [0.29, 0.717) is 5.56 Å². The molecular formula is C25H18O2. The molecule has 0 saturated heterocycles. The van der Waals surface area contributed by atoms with Crippen molar-refractivity contribution in [2.24, 2.45) is 0 Å². The summed E-state index contributed by atoms with van der Waals surface area (Å²) in [6.45, 7) is 2.11. The maximum atomic E-state index is 12.0. The number of carboxylic acids is 1. The fourth-order valence-electron chi connectivity index (χ4n) is 4.29. The summed E-state index contributed by atoms with van der Waals surface area (Å²) in [6, 6.07) is 24.4. The lowest BCUT2D eigenvalue weighted by Crippen LogP contribution is -2.02. The van der Waals surface area contributed by atoms with Gasteiger partial charge < -0.3 is 5.11 Å². The SMILES string of the molecule is Cc1ccc2c(c1)-c1cccc(-c3c(C(=O)O)ccc4ccccc34)c1C2. The number of hydrogen-bond acceptors (Lipinski definition) is 1. The van der Waals surface area contributed by atoms with Gasteiger partial charge in [-0.15, -0.1) is 0 Å². The minimum atomic E-state index is -0.889. The van der Waals surface area contributed by atoms with Crippen LogP contribution in [0.25, 0.3) is 33.0 Å². The smallest absolute Gasteiger partial charge is 0.336 e. The van der Waals surface area contributed by atoms with E-state index in [-0.39, 0.29) is 0 Å². The highest BCUT2D eigenvalue weighted by Gasteiger charge is 2.24. The number of hydrogen-bond donors (Lipinski definition) is 1. The minimum absolute atomic E-state index is 0.356. The lowest BCUT2D eigenvalue weighted by molar-refractivity contribution is 0.0698. The first kappa shape index (κ1) is 15.8. The summed E-state index contributed by atoms with van der Waals surface area (Å²) in [4.78, 5) is 12.0. The first-order valence-electron chi connectivity index (χ1n) is 9.10. The number of aromatic carboxylic acids is 1. The summed E-state index contributed by atoms with van der Waals surface area (Å²) >= 11 is 0. The fraction of sp³-hybridized carbons (Fsp3) is 0.0800. The number of rotatable bonds is 2. The molecule has 0 spiro atoms. The highest BCUT2D eigenvalue weighted by Crippen LogP contribution is 2.44. The van der Waals surface area contributed by atoms with Gasteiger partial charge in [0.1, 0.15) is 0 Å². The van der Waals surface area contributed by atoms with Crippen molar-refractivity contribution in [1.29, 1.82) is 0 Å². The van der Waals surface area contributed by atoms with Gasteiger partial charge in [0, 0.05) is 5.56 Å². The van der Waals surface area contributed by atoms with Crippen LogP contribution in [-0.2, 0) is 6.42 Å². The van der Waals surface area contributed by atoms with Crippen LogP contribution in [0.1, 0.15) is 27.0 Å². The van der Waals surface area contributed by atoms with Gasteiger partial charge in [-0.3, -0.25) is 0 Å². The molecule has 0 aromatic heterocycles. The van der Waals surface area contributed by atoms with Crippen molar-refractivity contribution >= 4 is 16.7 Å². The number of aryl methyl sites for hydroxylation is 1. The Hall–Kier alpha value is -3.39. The molecule has 0 amide bonds. The van der Waals surface area contributed by atoms with Crippen molar-refractivity contribution in [3.8, 4) is 22.3 Å². The zero-order valence-corrected chi connectivity index (χ0v) is 15.0. The summed E-state index contributed by atoms with van der Waals surface area (Å²) in [5.74, 6) is -0.889. The summed E-state index contributed by atoms with van der Waals surface area (Å²) in [6.07, 6.45) is 0.837. The molecule has 2 nitrogen and oxygen atoms in total.